The summed E-state index contributed by atoms with van der Waals surface area (Å²) >= 11 is 0. The molecule has 1 atom stereocenters. The molecular weight excluding hydrogens is 228 g/mol. The first kappa shape index (κ1) is 12.5. The van der Waals surface area contributed by atoms with Crippen LogP contribution in [0, 0.1) is 0 Å². The van der Waals surface area contributed by atoms with Crippen LogP contribution in [0.3, 0.4) is 0 Å². The summed E-state index contributed by atoms with van der Waals surface area (Å²) < 4.78 is 16.9. The van der Waals surface area contributed by atoms with E-state index < -0.39 is 16.7 Å². The van der Waals surface area contributed by atoms with Crippen molar-refractivity contribution in [3.05, 3.63) is 18.2 Å². The van der Waals surface area contributed by atoms with E-state index in [1.54, 1.807) is 18.2 Å². The third kappa shape index (κ3) is 3.23. The number of methoxy groups -OCH3 is 1. The number of carbonyl (C=O) groups is 1. The van der Waals surface area contributed by atoms with E-state index in [9.17, 15) is 9.00 Å². The Morgan fingerprint density at radius 2 is 2.19 bits per heavy atom. The Labute approximate surface area is 96.2 Å². The fourth-order valence-corrected chi connectivity index (χ4v) is 2.37. The first-order chi connectivity index (χ1) is 7.54. The van der Waals surface area contributed by atoms with Crippen LogP contribution >= 0.6 is 0 Å². The molecule has 0 saturated heterocycles. The maximum Gasteiger partial charge on any atom is 0.218 e. The third-order valence-corrected chi connectivity index (χ3v) is 3.37. The van der Waals surface area contributed by atoms with Gasteiger partial charge in [0.25, 0.3) is 0 Å². The summed E-state index contributed by atoms with van der Waals surface area (Å²) in [6.45, 7) is 0. The van der Waals surface area contributed by atoms with Gasteiger partial charge in [0.15, 0.2) is 0 Å². The van der Waals surface area contributed by atoms with Gasteiger partial charge in [0, 0.05) is 23.9 Å². The number of amides is 1. The van der Waals surface area contributed by atoms with Crippen molar-refractivity contribution in [1.29, 1.82) is 0 Å². The summed E-state index contributed by atoms with van der Waals surface area (Å²) in [7, 11) is 0.171. The molecule has 4 N–H and O–H groups in total. The summed E-state index contributed by atoms with van der Waals surface area (Å²) in [5.74, 6) is 0.181. The van der Waals surface area contributed by atoms with Gasteiger partial charge in [0.1, 0.15) is 5.75 Å². The van der Waals surface area contributed by atoms with Gasteiger partial charge in [0.2, 0.25) is 5.91 Å². The van der Waals surface area contributed by atoms with Gasteiger partial charge in [-0.25, -0.2) is 0 Å². The highest BCUT2D eigenvalue weighted by Gasteiger charge is 2.11. The quantitative estimate of drug-likeness (QED) is 0.724. The number of nitrogen functional groups attached to an aromatic ring is 1. The lowest BCUT2D eigenvalue weighted by Crippen LogP contribution is -2.14. The number of hydrogen-bond acceptors (Lipinski definition) is 4. The highest BCUT2D eigenvalue weighted by Crippen LogP contribution is 2.24. The zero-order valence-corrected chi connectivity index (χ0v) is 9.75. The summed E-state index contributed by atoms with van der Waals surface area (Å²) in [6, 6.07) is 4.86. The Hall–Kier alpha value is -1.56. The fraction of sp³-hybridized carbons (Fsp3) is 0.300. The minimum Gasteiger partial charge on any atom is -0.495 e. The van der Waals surface area contributed by atoms with Crippen molar-refractivity contribution in [2.75, 3.05) is 18.6 Å². The van der Waals surface area contributed by atoms with Crippen LogP contribution in [0.4, 0.5) is 5.69 Å². The lowest BCUT2D eigenvalue weighted by Gasteiger charge is -2.08. The lowest BCUT2D eigenvalue weighted by molar-refractivity contribution is -0.117. The maximum atomic E-state index is 11.8. The predicted octanol–water partition coefficient (Wildman–Crippen LogP) is 0.260. The van der Waals surface area contributed by atoms with Gasteiger partial charge in [-0.15, -0.1) is 0 Å². The average molecular weight is 242 g/mol. The van der Waals surface area contributed by atoms with E-state index in [1.165, 1.54) is 7.11 Å². The van der Waals surface area contributed by atoms with Gasteiger partial charge in [-0.2, -0.15) is 0 Å². The molecule has 0 aliphatic carbocycles. The number of ether oxygens (including phenoxy) is 1. The number of nitrogens with two attached hydrogens (primary N) is 2. The molecule has 0 spiro atoms. The molecule has 1 amide bonds. The maximum absolute atomic E-state index is 11.8. The highest BCUT2D eigenvalue weighted by atomic mass is 32.2. The zero-order chi connectivity index (χ0) is 12.1. The van der Waals surface area contributed by atoms with Gasteiger partial charge < -0.3 is 16.2 Å². The Bertz CT molecular complexity index is 421. The smallest absolute Gasteiger partial charge is 0.218 e. The molecule has 1 aromatic carbocycles. The minimum atomic E-state index is -1.31. The topological polar surface area (TPSA) is 95.4 Å². The molecule has 0 saturated carbocycles. The Balaban J connectivity index is 2.86. The third-order valence-electron chi connectivity index (χ3n) is 1.97. The van der Waals surface area contributed by atoms with Crippen LogP contribution in [0.2, 0.25) is 0 Å². The lowest BCUT2D eigenvalue weighted by atomic mass is 10.3. The Kier molecular flexibility index (Phi) is 4.30. The summed E-state index contributed by atoms with van der Waals surface area (Å²) in [6.07, 6.45) is 0.0835. The number of anilines is 1. The van der Waals surface area contributed by atoms with E-state index in [4.69, 9.17) is 16.2 Å². The van der Waals surface area contributed by atoms with Gasteiger partial charge in [-0.1, -0.05) is 0 Å². The molecule has 5 nitrogen and oxygen atoms in total. The van der Waals surface area contributed by atoms with E-state index in [2.05, 4.69) is 0 Å². The van der Waals surface area contributed by atoms with E-state index in [0.717, 1.165) is 0 Å². The van der Waals surface area contributed by atoms with E-state index in [1.807, 2.05) is 0 Å². The Morgan fingerprint density at radius 1 is 1.50 bits per heavy atom. The molecule has 0 bridgehead atoms. The molecular formula is C10H14N2O3S. The molecule has 0 aliphatic rings. The normalized spacial score (nSPS) is 12.1. The van der Waals surface area contributed by atoms with Crippen LogP contribution in [-0.4, -0.2) is 23.0 Å². The Morgan fingerprint density at radius 3 is 2.75 bits per heavy atom. The van der Waals surface area contributed by atoms with E-state index in [0.29, 0.717) is 16.3 Å². The summed E-state index contributed by atoms with van der Waals surface area (Å²) in [5, 5.41) is 0. The van der Waals surface area contributed by atoms with E-state index in [-0.39, 0.29) is 12.2 Å². The largest absolute Gasteiger partial charge is 0.495 e. The second-order valence-electron chi connectivity index (χ2n) is 3.18. The van der Waals surface area contributed by atoms with Crippen LogP contribution in [0.25, 0.3) is 0 Å². The van der Waals surface area contributed by atoms with Gasteiger partial charge >= 0.3 is 0 Å². The van der Waals surface area contributed by atoms with Crippen molar-refractivity contribution in [2.45, 2.75) is 11.3 Å². The van der Waals surface area contributed by atoms with Crippen LogP contribution in [-0.2, 0) is 15.6 Å². The first-order valence-corrected chi connectivity index (χ1v) is 5.96. The second-order valence-corrected chi connectivity index (χ2v) is 4.72. The van der Waals surface area contributed by atoms with Gasteiger partial charge in [0.05, 0.1) is 22.8 Å². The molecule has 0 radical (unpaired) electrons. The summed E-state index contributed by atoms with van der Waals surface area (Å²) in [5.41, 5.74) is 11.1. The number of benzene rings is 1. The molecule has 88 valence electrons. The molecule has 16 heavy (non-hydrogen) atoms. The van der Waals surface area contributed by atoms with E-state index >= 15 is 0 Å². The first-order valence-electron chi connectivity index (χ1n) is 4.64. The minimum absolute atomic E-state index is 0.0835. The molecule has 6 heteroatoms. The zero-order valence-electron chi connectivity index (χ0n) is 8.93. The van der Waals surface area contributed by atoms with Crippen molar-refractivity contribution in [3.63, 3.8) is 0 Å². The molecule has 0 heterocycles. The SMILES string of the molecule is COc1cc(N)ccc1S(=O)CCC(N)=O. The molecule has 0 fully saturated rings. The number of rotatable bonds is 5. The molecule has 1 unspecified atom stereocenters. The number of carbonyl (C=O) groups excluding carboxylic acids is 1. The molecule has 1 aromatic rings. The highest BCUT2D eigenvalue weighted by molar-refractivity contribution is 7.85. The van der Waals surface area contributed by atoms with Crippen LogP contribution in [0.5, 0.6) is 5.75 Å². The standard InChI is InChI=1S/C10H14N2O3S/c1-15-8-6-7(11)2-3-9(8)16(14)5-4-10(12)13/h2-3,6H,4-5,11H2,1H3,(H2,12,13). The van der Waals surface area contributed by atoms with Crippen LogP contribution in [0.15, 0.2) is 23.1 Å². The van der Waals surface area contributed by atoms with Crippen molar-refractivity contribution >= 4 is 22.4 Å². The van der Waals surface area contributed by atoms with Crippen molar-refractivity contribution in [2.24, 2.45) is 5.73 Å². The monoisotopic (exact) mass is 242 g/mol. The summed E-state index contributed by atoms with van der Waals surface area (Å²) in [4.78, 5) is 11.1. The van der Waals surface area contributed by atoms with Crippen molar-refractivity contribution in [3.8, 4) is 5.75 Å². The average Bonchev–Trinajstić information content (AvgIpc) is 2.25. The fourth-order valence-electron chi connectivity index (χ4n) is 1.18. The molecule has 0 aromatic heterocycles. The number of primary amides is 1. The van der Waals surface area contributed by atoms with Crippen molar-refractivity contribution < 1.29 is 13.7 Å². The van der Waals surface area contributed by atoms with Crippen LogP contribution < -0.4 is 16.2 Å². The molecule has 0 aliphatic heterocycles. The molecule has 1 rings (SSSR count). The predicted molar refractivity (Wildman–Crippen MR) is 62.5 cm³/mol. The van der Waals surface area contributed by atoms with Crippen molar-refractivity contribution in [1.82, 2.24) is 0 Å². The second kappa shape index (κ2) is 5.50. The van der Waals surface area contributed by atoms with Gasteiger partial charge in [-0.3, -0.25) is 9.00 Å². The van der Waals surface area contributed by atoms with Gasteiger partial charge in [-0.05, 0) is 12.1 Å². The number of hydrogen-bond donors (Lipinski definition) is 2. The van der Waals surface area contributed by atoms with Crippen LogP contribution in [0.1, 0.15) is 6.42 Å².